The number of aldehydes is 1. The van der Waals surface area contributed by atoms with Gasteiger partial charge in [0, 0.05) is 24.3 Å². The number of ether oxygens (including phenoxy) is 1. The molecule has 0 aliphatic rings. The van der Waals surface area contributed by atoms with Crippen LogP contribution in [0.4, 0.5) is 5.69 Å². The third-order valence-electron chi connectivity index (χ3n) is 2.76. The van der Waals surface area contributed by atoms with Gasteiger partial charge in [-0.25, -0.2) is 0 Å². The van der Waals surface area contributed by atoms with Crippen molar-refractivity contribution in [2.45, 2.75) is 26.7 Å². The standard InChI is InChI=1S/C15H21NO3/c1-3-9-16(10-8-15(18)19-4-2)14-7-5-6-13(11-14)12-17/h5-7,11-12H,3-4,8-10H2,1-2H3. The summed E-state index contributed by atoms with van der Waals surface area (Å²) in [6, 6.07) is 7.42. The lowest BCUT2D eigenvalue weighted by molar-refractivity contribution is -0.142. The number of esters is 1. The molecule has 0 atom stereocenters. The lowest BCUT2D eigenvalue weighted by atomic mass is 10.2. The number of carbonyl (C=O) groups is 2. The molecule has 1 aromatic carbocycles. The fourth-order valence-electron chi connectivity index (χ4n) is 1.89. The van der Waals surface area contributed by atoms with Crippen LogP contribution in [0.25, 0.3) is 0 Å². The second kappa shape index (κ2) is 8.29. The molecule has 0 heterocycles. The third kappa shape index (κ3) is 5.12. The summed E-state index contributed by atoms with van der Waals surface area (Å²) in [6.07, 6.45) is 2.17. The molecule has 1 rings (SSSR count). The Morgan fingerprint density at radius 1 is 1.32 bits per heavy atom. The van der Waals surface area contributed by atoms with Gasteiger partial charge in [0.25, 0.3) is 0 Å². The Morgan fingerprint density at radius 2 is 2.11 bits per heavy atom. The van der Waals surface area contributed by atoms with Crippen molar-refractivity contribution in [3.8, 4) is 0 Å². The van der Waals surface area contributed by atoms with Gasteiger partial charge in [0.1, 0.15) is 6.29 Å². The van der Waals surface area contributed by atoms with Gasteiger partial charge in [-0.3, -0.25) is 9.59 Å². The second-order valence-electron chi connectivity index (χ2n) is 4.25. The quantitative estimate of drug-likeness (QED) is 0.534. The zero-order valence-electron chi connectivity index (χ0n) is 11.6. The predicted molar refractivity (Wildman–Crippen MR) is 75.6 cm³/mol. The molecule has 0 saturated carbocycles. The average molecular weight is 263 g/mol. The van der Waals surface area contributed by atoms with E-state index >= 15 is 0 Å². The molecule has 0 amide bonds. The van der Waals surface area contributed by atoms with Crippen LogP contribution in [0, 0.1) is 0 Å². The van der Waals surface area contributed by atoms with Crippen LogP contribution in [0.3, 0.4) is 0 Å². The number of carbonyl (C=O) groups excluding carboxylic acids is 2. The Hall–Kier alpha value is -1.84. The van der Waals surface area contributed by atoms with E-state index in [9.17, 15) is 9.59 Å². The minimum atomic E-state index is -0.185. The highest BCUT2D eigenvalue weighted by atomic mass is 16.5. The summed E-state index contributed by atoms with van der Waals surface area (Å²) in [6.45, 7) is 5.75. The Kier molecular flexibility index (Phi) is 6.64. The van der Waals surface area contributed by atoms with E-state index in [4.69, 9.17) is 4.74 Å². The molecule has 0 N–H and O–H groups in total. The van der Waals surface area contributed by atoms with Crippen molar-refractivity contribution in [1.29, 1.82) is 0 Å². The summed E-state index contributed by atoms with van der Waals surface area (Å²) < 4.78 is 4.93. The maximum absolute atomic E-state index is 11.4. The van der Waals surface area contributed by atoms with Gasteiger partial charge in [-0.05, 0) is 25.5 Å². The summed E-state index contributed by atoms with van der Waals surface area (Å²) in [4.78, 5) is 24.3. The maximum Gasteiger partial charge on any atom is 0.307 e. The molecule has 0 radical (unpaired) electrons. The minimum Gasteiger partial charge on any atom is -0.466 e. The molecule has 0 aromatic heterocycles. The lowest BCUT2D eigenvalue weighted by Gasteiger charge is -2.24. The molecule has 4 nitrogen and oxygen atoms in total. The summed E-state index contributed by atoms with van der Waals surface area (Å²) in [5.74, 6) is -0.185. The van der Waals surface area contributed by atoms with Crippen LogP contribution in [-0.4, -0.2) is 32.0 Å². The number of hydrogen-bond donors (Lipinski definition) is 0. The molecule has 0 unspecified atom stereocenters. The van der Waals surface area contributed by atoms with E-state index in [0.717, 1.165) is 24.9 Å². The molecule has 0 aliphatic heterocycles. The van der Waals surface area contributed by atoms with Gasteiger partial charge in [0.15, 0.2) is 0 Å². The zero-order chi connectivity index (χ0) is 14.1. The topological polar surface area (TPSA) is 46.6 Å². The highest BCUT2D eigenvalue weighted by molar-refractivity contribution is 5.77. The second-order valence-corrected chi connectivity index (χ2v) is 4.25. The number of rotatable bonds is 8. The fourth-order valence-corrected chi connectivity index (χ4v) is 1.89. The lowest BCUT2D eigenvalue weighted by Crippen LogP contribution is -2.27. The summed E-state index contributed by atoms with van der Waals surface area (Å²) in [7, 11) is 0. The highest BCUT2D eigenvalue weighted by Crippen LogP contribution is 2.16. The van der Waals surface area contributed by atoms with E-state index in [1.54, 1.807) is 13.0 Å². The third-order valence-corrected chi connectivity index (χ3v) is 2.76. The summed E-state index contributed by atoms with van der Waals surface area (Å²) >= 11 is 0. The number of hydrogen-bond acceptors (Lipinski definition) is 4. The van der Waals surface area contributed by atoms with Crippen molar-refractivity contribution >= 4 is 17.9 Å². The van der Waals surface area contributed by atoms with Gasteiger partial charge >= 0.3 is 5.97 Å². The van der Waals surface area contributed by atoms with Crippen molar-refractivity contribution in [3.05, 3.63) is 29.8 Å². The molecule has 4 heteroatoms. The van der Waals surface area contributed by atoms with E-state index in [2.05, 4.69) is 11.8 Å². The van der Waals surface area contributed by atoms with E-state index in [-0.39, 0.29) is 5.97 Å². The van der Waals surface area contributed by atoms with E-state index < -0.39 is 0 Å². The van der Waals surface area contributed by atoms with Crippen molar-refractivity contribution in [2.24, 2.45) is 0 Å². The zero-order valence-corrected chi connectivity index (χ0v) is 11.6. The predicted octanol–water partition coefficient (Wildman–Crippen LogP) is 2.67. The molecule has 104 valence electrons. The smallest absolute Gasteiger partial charge is 0.307 e. The molecule has 0 aliphatic carbocycles. The van der Waals surface area contributed by atoms with Crippen molar-refractivity contribution in [1.82, 2.24) is 0 Å². The van der Waals surface area contributed by atoms with Gasteiger partial charge in [-0.2, -0.15) is 0 Å². The normalized spacial score (nSPS) is 10.0. The molecule has 1 aromatic rings. The van der Waals surface area contributed by atoms with Crippen molar-refractivity contribution in [2.75, 3.05) is 24.6 Å². The van der Waals surface area contributed by atoms with Crippen LogP contribution in [0.2, 0.25) is 0 Å². The van der Waals surface area contributed by atoms with Crippen LogP contribution in [-0.2, 0) is 9.53 Å². The SMILES string of the molecule is CCCN(CCC(=O)OCC)c1cccc(C=O)c1. The Balaban J connectivity index is 2.70. The number of nitrogens with zero attached hydrogens (tertiary/aromatic N) is 1. The molecule has 0 spiro atoms. The van der Waals surface area contributed by atoms with Gasteiger partial charge in [-0.15, -0.1) is 0 Å². The molecule has 0 bridgehead atoms. The first-order valence-corrected chi connectivity index (χ1v) is 6.67. The average Bonchev–Trinajstić information content (AvgIpc) is 2.44. The fraction of sp³-hybridized carbons (Fsp3) is 0.467. The van der Waals surface area contributed by atoms with Crippen LogP contribution >= 0.6 is 0 Å². The number of benzene rings is 1. The highest BCUT2D eigenvalue weighted by Gasteiger charge is 2.09. The minimum absolute atomic E-state index is 0.185. The van der Waals surface area contributed by atoms with Crippen molar-refractivity contribution < 1.29 is 14.3 Å². The maximum atomic E-state index is 11.4. The first kappa shape index (κ1) is 15.2. The molecule has 0 fully saturated rings. The van der Waals surface area contributed by atoms with E-state index in [1.165, 1.54) is 0 Å². The van der Waals surface area contributed by atoms with Crippen LogP contribution in [0.1, 0.15) is 37.0 Å². The van der Waals surface area contributed by atoms with Gasteiger partial charge in [0.2, 0.25) is 0 Å². The van der Waals surface area contributed by atoms with E-state index in [0.29, 0.717) is 25.1 Å². The van der Waals surface area contributed by atoms with E-state index in [1.807, 2.05) is 18.2 Å². The van der Waals surface area contributed by atoms with Crippen molar-refractivity contribution in [3.63, 3.8) is 0 Å². The first-order valence-electron chi connectivity index (χ1n) is 6.67. The van der Waals surface area contributed by atoms with Crippen LogP contribution < -0.4 is 4.90 Å². The molecular formula is C15H21NO3. The van der Waals surface area contributed by atoms with Gasteiger partial charge < -0.3 is 9.64 Å². The largest absolute Gasteiger partial charge is 0.466 e. The molecule has 19 heavy (non-hydrogen) atoms. The van der Waals surface area contributed by atoms with Gasteiger partial charge in [-0.1, -0.05) is 19.1 Å². The summed E-state index contributed by atoms with van der Waals surface area (Å²) in [5.41, 5.74) is 1.62. The first-order chi connectivity index (χ1) is 9.21. The van der Waals surface area contributed by atoms with Crippen LogP contribution in [0.5, 0.6) is 0 Å². The Bertz CT molecular complexity index is 418. The summed E-state index contributed by atoms with van der Waals surface area (Å²) in [5, 5.41) is 0. The van der Waals surface area contributed by atoms with Crippen LogP contribution in [0.15, 0.2) is 24.3 Å². The Labute approximate surface area is 114 Å². The van der Waals surface area contributed by atoms with Gasteiger partial charge in [0.05, 0.1) is 13.0 Å². The molecule has 0 saturated heterocycles. The number of anilines is 1. The Morgan fingerprint density at radius 3 is 2.74 bits per heavy atom. The monoisotopic (exact) mass is 263 g/mol. The molecular weight excluding hydrogens is 242 g/mol.